The van der Waals surface area contributed by atoms with E-state index < -0.39 is 5.82 Å². The van der Waals surface area contributed by atoms with Gasteiger partial charge in [0, 0.05) is 0 Å². The van der Waals surface area contributed by atoms with E-state index in [0.717, 1.165) is 30.4 Å². The Morgan fingerprint density at radius 3 is 2.05 bits per heavy atom. The van der Waals surface area contributed by atoms with Gasteiger partial charge in [0.25, 0.3) is 0 Å². The molecule has 0 aliphatic rings. The molecule has 0 radical (unpaired) electrons. The molecule has 0 unspecified atom stereocenters. The van der Waals surface area contributed by atoms with E-state index in [1.165, 1.54) is 22.8 Å². The standard InChI is InChI=1S/C19H21FO/c1-4-13-9-14(5-2)19(15(6-3)10-13)16-7-8-18(20)17(11-16)12-21/h7-12H,4-6H2,1-3H3. The van der Waals surface area contributed by atoms with Crippen molar-refractivity contribution >= 4 is 6.29 Å². The van der Waals surface area contributed by atoms with Crippen molar-refractivity contribution in [1.82, 2.24) is 0 Å². The minimum atomic E-state index is -0.463. The molecule has 0 spiro atoms. The van der Waals surface area contributed by atoms with E-state index in [0.29, 0.717) is 6.29 Å². The molecular formula is C19H21FO. The number of carbonyl (C=O) groups excluding carboxylic acids is 1. The topological polar surface area (TPSA) is 17.1 Å². The molecule has 0 fully saturated rings. The SMILES string of the molecule is CCc1cc(CC)c(-c2ccc(F)c(C=O)c2)c(CC)c1. The molecule has 21 heavy (non-hydrogen) atoms. The van der Waals surface area contributed by atoms with Gasteiger partial charge in [-0.1, -0.05) is 39.0 Å². The largest absolute Gasteiger partial charge is 0.298 e. The summed E-state index contributed by atoms with van der Waals surface area (Å²) in [4.78, 5) is 11.0. The highest BCUT2D eigenvalue weighted by Crippen LogP contribution is 2.31. The molecule has 2 heteroatoms. The van der Waals surface area contributed by atoms with Crippen LogP contribution in [0.2, 0.25) is 0 Å². The van der Waals surface area contributed by atoms with Crippen LogP contribution in [0, 0.1) is 5.82 Å². The van der Waals surface area contributed by atoms with Crippen molar-refractivity contribution in [3.63, 3.8) is 0 Å². The minimum Gasteiger partial charge on any atom is -0.298 e. The molecule has 0 saturated carbocycles. The number of hydrogen-bond acceptors (Lipinski definition) is 1. The third-order valence-corrected chi connectivity index (χ3v) is 3.94. The summed E-state index contributed by atoms with van der Waals surface area (Å²) in [6.45, 7) is 6.40. The molecule has 0 amide bonds. The first-order valence-electron chi connectivity index (χ1n) is 7.54. The highest BCUT2D eigenvalue weighted by Gasteiger charge is 2.12. The third kappa shape index (κ3) is 3.05. The Hall–Kier alpha value is -1.96. The van der Waals surface area contributed by atoms with Crippen LogP contribution in [0.15, 0.2) is 30.3 Å². The van der Waals surface area contributed by atoms with Crippen LogP contribution >= 0.6 is 0 Å². The van der Waals surface area contributed by atoms with Crippen molar-refractivity contribution in [1.29, 1.82) is 0 Å². The van der Waals surface area contributed by atoms with Gasteiger partial charge in [-0.2, -0.15) is 0 Å². The second-order valence-electron chi connectivity index (χ2n) is 5.20. The predicted octanol–water partition coefficient (Wildman–Crippen LogP) is 4.99. The van der Waals surface area contributed by atoms with Gasteiger partial charge in [0.1, 0.15) is 5.82 Å². The van der Waals surface area contributed by atoms with Gasteiger partial charge in [-0.15, -0.1) is 0 Å². The number of carbonyl (C=O) groups is 1. The van der Waals surface area contributed by atoms with Crippen LogP contribution in [0.5, 0.6) is 0 Å². The van der Waals surface area contributed by atoms with Gasteiger partial charge in [-0.25, -0.2) is 4.39 Å². The van der Waals surface area contributed by atoms with Crippen molar-refractivity contribution in [3.05, 3.63) is 58.4 Å². The van der Waals surface area contributed by atoms with Gasteiger partial charge in [0.15, 0.2) is 6.29 Å². The molecule has 0 N–H and O–H groups in total. The molecule has 0 atom stereocenters. The van der Waals surface area contributed by atoms with Gasteiger partial charge >= 0.3 is 0 Å². The Morgan fingerprint density at radius 2 is 1.57 bits per heavy atom. The molecule has 2 aromatic carbocycles. The molecule has 2 rings (SSSR count). The molecule has 0 saturated heterocycles. The van der Waals surface area contributed by atoms with Gasteiger partial charge in [-0.05, 0) is 59.2 Å². The van der Waals surface area contributed by atoms with Crippen LogP contribution in [0.25, 0.3) is 11.1 Å². The van der Waals surface area contributed by atoms with Gasteiger partial charge < -0.3 is 0 Å². The van der Waals surface area contributed by atoms with Gasteiger partial charge in [0.05, 0.1) is 5.56 Å². The number of aryl methyl sites for hydroxylation is 3. The molecule has 0 bridgehead atoms. The Morgan fingerprint density at radius 1 is 0.952 bits per heavy atom. The number of benzene rings is 2. The molecule has 0 aromatic heterocycles. The van der Waals surface area contributed by atoms with Crippen LogP contribution < -0.4 is 0 Å². The smallest absolute Gasteiger partial charge is 0.153 e. The van der Waals surface area contributed by atoms with Crippen LogP contribution in [0.1, 0.15) is 47.8 Å². The summed E-state index contributed by atoms with van der Waals surface area (Å²) in [6.07, 6.45) is 3.42. The second-order valence-corrected chi connectivity index (χ2v) is 5.20. The van der Waals surface area contributed by atoms with Crippen molar-refractivity contribution < 1.29 is 9.18 Å². The first-order valence-corrected chi connectivity index (χ1v) is 7.54. The summed E-state index contributed by atoms with van der Waals surface area (Å²) in [6, 6.07) is 9.24. The van der Waals surface area contributed by atoms with E-state index in [1.54, 1.807) is 12.1 Å². The van der Waals surface area contributed by atoms with Crippen LogP contribution in [0.4, 0.5) is 4.39 Å². The molecule has 1 nitrogen and oxygen atoms in total. The number of halogens is 1. The Bertz CT molecular complexity index is 634. The summed E-state index contributed by atoms with van der Waals surface area (Å²) < 4.78 is 13.5. The first kappa shape index (κ1) is 15.4. The quantitative estimate of drug-likeness (QED) is 0.707. The highest BCUT2D eigenvalue weighted by molar-refractivity contribution is 5.81. The fourth-order valence-electron chi connectivity index (χ4n) is 2.76. The molecule has 110 valence electrons. The average molecular weight is 284 g/mol. The molecule has 0 aliphatic heterocycles. The molecular weight excluding hydrogens is 263 g/mol. The molecule has 0 aliphatic carbocycles. The highest BCUT2D eigenvalue weighted by atomic mass is 19.1. The summed E-state index contributed by atoms with van der Waals surface area (Å²) in [5.74, 6) is -0.463. The number of aldehydes is 1. The lowest BCUT2D eigenvalue weighted by Crippen LogP contribution is -1.99. The molecule has 2 aromatic rings. The summed E-state index contributed by atoms with van der Waals surface area (Å²) >= 11 is 0. The fourth-order valence-corrected chi connectivity index (χ4v) is 2.76. The zero-order valence-corrected chi connectivity index (χ0v) is 12.9. The van der Waals surface area contributed by atoms with Crippen LogP contribution in [0.3, 0.4) is 0 Å². The normalized spacial score (nSPS) is 10.7. The monoisotopic (exact) mass is 284 g/mol. The van der Waals surface area contributed by atoms with E-state index in [-0.39, 0.29) is 5.56 Å². The zero-order valence-electron chi connectivity index (χ0n) is 12.9. The first-order chi connectivity index (χ1) is 10.1. The maximum Gasteiger partial charge on any atom is 0.153 e. The van der Waals surface area contributed by atoms with Crippen molar-refractivity contribution in [2.45, 2.75) is 40.0 Å². The van der Waals surface area contributed by atoms with Gasteiger partial charge in [0.2, 0.25) is 0 Å². The number of rotatable bonds is 5. The summed E-state index contributed by atoms with van der Waals surface area (Å²) in [7, 11) is 0. The summed E-state index contributed by atoms with van der Waals surface area (Å²) in [5.41, 5.74) is 6.04. The van der Waals surface area contributed by atoms with Crippen LogP contribution in [-0.2, 0) is 19.3 Å². The van der Waals surface area contributed by atoms with E-state index in [1.807, 2.05) is 0 Å². The van der Waals surface area contributed by atoms with E-state index in [4.69, 9.17) is 0 Å². The summed E-state index contributed by atoms with van der Waals surface area (Å²) in [5, 5.41) is 0. The van der Waals surface area contributed by atoms with E-state index in [9.17, 15) is 9.18 Å². The Balaban J connectivity index is 2.69. The predicted molar refractivity (Wildman–Crippen MR) is 85.4 cm³/mol. The fraction of sp³-hybridized carbons (Fsp3) is 0.316. The maximum atomic E-state index is 13.5. The second kappa shape index (κ2) is 6.66. The zero-order chi connectivity index (χ0) is 15.4. The lowest BCUT2D eigenvalue weighted by Gasteiger charge is -2.16. The van der Waals surface area contributed by atoms with Crippen LogP contribution in [-0.4, -0.2) is 6.29 Å². The maximum absolute atomic E-state index is 13.5. The van der Waals surface area contributed by atoms with Crippen molar-refractivity contribution in [3.8, 4) is 11.1 Å². The Labute approximate surface area is 125 Å². The van der Waals surface area contributed by atoms with Crippen molar-refractivity contribution in [2.75, 3.05) is 0 Å². The van der Waals surface area contributed by atoms with E-state index >= 15 is 0 Å². The number of hydrogen-bond donors (Lipinski definition) is 0. The molecule has 0 heterocycles. The Kier molecular flexibility index (Phi) is 4.89. The average Bonchev–Trinajstić information content (AvgIpc) is 2.54. The lowest BCUT2D eigenvalue weighted by molar-refractivity contribution is 0.112. The van der Waals surface area contributed by atoms with Gasteiger partial charge in [-0.3, -0.25) is 4.79 Å². The van der Waals surface area contributed by atoms with Crippen molar-refractivity contribution in [2.24, 2.45) is 0 Å². The van der Waals surface area contributed by atoms with E-state index in [2.05, 4.69) is 32.9 Å². The minimum absolute atomic E-state index is 0.121. The lowest BCUT2D eigenvalue weighted by atomic mass is 9.88. The third-order valence-electron chi connectivity index (χ3n) is 3.94.